The Bertz CT molecular complexity index is 1570. The molecule has 1 aromatic rings. The van der Waals surface area contributed by atoms with Crippen molar-refractivity contribution < 1.29 is 43.3 Å². The maximum atomic E-state index is 13.2. The fourth-order valence-corrected chi connectivity index (χ4v) is 5.94. The van der Waals surface area contributed by atoms with Crippen LogP contribution >= 0.6 is 0 Å². The Kier molecular flexibility index (Phi) is 14.1. The molecule has 2 fully saturated rings. The van der Waals surface area contributed by atoms with Crippen LogP contribution in [0.5, 0.6) is 0 Å². The third-order valence-electron chi connectivity index (χ3n) is 8.61. The van der Waals surface area contributed by atoms with Crippen molar-refractivity contribution in [2.45, 2.75) is 82.3 Å². The van der Waals surface area contributed by atoms with Crippen LogP contribution in [0.15, 0.2) is 17.1 Å². The first-order valence-electron chi connectivity index (χ1n) is 16.1. The SMILES string of the molecule is NC(=O)C(=O)CCC(NC(=O)c1c[nH]c(=O)c([N+](=O)[O-])c1)C(=O)NCC(=O)N1CCCCC1C(=O)NCC(=O)NC(C(N)=O)C1CCCCC1. The van der Waals surface area contributed by atoms with E-state index in [2.05, 4.69) is 21.3 Å². The summed E-state index contributed by atoms with van der Waals surface area (Å²) in [4.78, 5) is 125. The minimum absolute atomic E-state index is 0.0931. The van der Waals surface area contributed by atoms with Gasteiger partial charge in [0.1, 0.15) is 18.1 Å². The summed E-state index contributed by atoms with van der Waals surface area (Å²) in [6.45, 7) is -0.956. The van der Waals surface area contributed by atoms with Crippen molar-refractivity contribution in [1.29, 1.82) is 0 Å². The van der Waals surface area contributed by atoms with Crippen LogP contribution in [0, 0.1) is 16.0 Å². The number of hydrogen-bond acceptors (Lipinski definition) is 11. The molecule has 2 heterocycles. The number of primary amides is 2. The lowest BCUT2D eigenvalue weighted by Crippen LogP contribution is -2.57. The van der Waals surface area contributed by atoms with Crippen LogP contribution in [-0.2, 0) is 33.6 Å². The molecule has 0 bridgehead atoms. The van der Waals surface area contributed by atoms with Gasteiger partial charge in [0.05, 0.1) is 23.6 Å². The highest BCUT2D eigenvalue weighted by Crippen LogP contribution is 2.26. The minimum Gasteiger partial charge on any atom is -0.368 e. The van der Waals surface area contributed by atoms with E-state index in [1.807, 2.05) is 4.98 Å². The summed E-state index contributed by atoms with van der Waals surface area (Å²) in [5.74, 6) is -7.05. The summed E-state index contributed by atoms with van der Waals surface area (Å²) in [5, 5.41) is 20.8. The predicted octanol–water partition coefficient (Wildman–Crippen LogP) is -2.62. The third kappa shape index (κ3) is 10.9. The van der Waals surface area contributed by atoms with Gasteiger partial charge in [0.2, 0.25) is 35.3 Å². The first-order valence-corrected chi connectivity index (χ1v) is 16.1. The number of amides is 7. The third-order valence-corrected chi connectivity index (χ3v) is 8.61. The highest BCUT2D eigenvalue weighted by Gasteiger charge is 2.34. The van der Waals surface area contributed by atoms with Gasteiger partial charge >= 0.3 is 11.2 Å². The van der Waals surface area contributed by atoms with Crippen LogP contribution in [0.25, 0.3) is 0 Å². The standard InChI is InChI=1S/C30H41N9O11/c31-25(43)21(40)10-9-18(36-27(45)17-12-20(39(49)50)30(48)33-13-17)28(46)35-15-23(42)38-11-5-4-8-19(38)29(47)34-14-22(41)37-24(26(32)44)16-6-2-1-3-7-16/h12-13,16,18-19,24H,1-11,14-15H2,(H2,31,43)(H2,32,44)(H,33,48)(H,34,47)(H,35,46)(H,36,45)(H,37,41). The average molecular weight is 704 g/mol. The van der Waals surface area contributed by atoms with Crippen molar-refractivity contribution in [1.82, 2.24) is 31.2 Å². The normalized spacial score (nSPS) is 17.4. The quantitative estimate of drug-likeness (QED) is 0.0531. The van der Waals surface area contributed by atoms with Crippen LogP contribution in [-0.4, -0.2) is 99.7 Å². The number of Topliss-reactive ketones (excluding diaryl/α,β-unsaturated/α-hetero) is 1. The number of nitrogens with one attached hydrogen (secondary N) is 5. The van der Waals surface area contributed by atoms with Crippen LogP contribution in [0.1, 0.15) is 74.6 Å². The van der Waals surface area contributed by atoms with Crippen molar-refractivity contribution in [2.24, 2.45) is 17.4 Å². The van der Waals surface area contributed by atoms with Gasteiger partial charge < -0.3 is 42.6 Å². The van der Waals surface area contributed by atoms with Crippen molar-refractivity contribution in [3.8, 4) is 0 Å². The number of carbonyl (C=O) groups is 8. The Morgan fingerprint density at radius 3 is 2.26 bits per heavy atom. The van der Waals surface area contributed by atoms with Gasteiger partial charge in [0.25, 0.3) is 11.8 Å². The molecule has 3 atom stereocenters. The first-order chi connectivity index (χ1) is 23.7. The highest BCUT2D eigenvalue weighted by atomic mass is 16.6. The van der Waals surface area contributed by atoms with Crippen LogP contribution < -0.4 is 38.3 Å². The first kappa shape index (κ1) is 38.8. The molecule has 9 N–H and O–H groups in total. The number of pyridine rings is 1. The van der Waals surface area contributed by atoms with E-state index in [1.54, 1.807) is 0 Å². The Morgan fingerprint density at radius 2 is 1.62 bits per heavy atom. The molecule has 0 radical (unpaired) electrons. The second kappa shape index (κ2) is 18.2. The molecule has 1 aliphatic heterocycles. The van der Waals surface area contributed by atoms with Gasteiger partial charge in [-0.3, -0.25) is 53.3 Å². The fourth-order valence-electron chi connectivity index (χ4n) is 5.94. The van der Waals surface area contributed by atoms with Crippen molar-refractivity contribution in [3.05, 3.63) is 38.3 Å². The van der Waals surface area contributed by atoms with Gasteiger partial charge in [0.15, 0.2) is 0 Å². The number of hydrogen-bond donors (Lipinski definition) is 7. The van der Waals surface area contributed by atoms with E-state index in [0.717, 1.165) is 38.3 Å². The van der Waals surface area contributed by atoms with Crippen molar-refractivity contribution >= 4 is 52.8 Å². The molecular formula is C30H41N9O11. The minimum atomic E-state index is -1.54. The van der Waals surface area contributed by atoms with Crippen molar-refractivity contribution in [2.75, 3.05) is 19.6 Å². The number of nitro groups is 1. The number of carbonyl (C=O) groups excluding carboxylic acids is 8. The second-order valence-electron chi connectivity index (χ2n) is 12.1. The number of rotatable bonds is 16. The number of nitrogens with two attached hydrogens (primary N) is 2. The van der Waals surface area contributed by atoms with E-state index in [-0.39, 0.29) is 18.9 Å². The summed E-state index contributed by atoms with van der Waals surface area (Å²) in [5.41, 5.74) is 8.07. The van der Waals surface area contributed by atoms with Crippen LogP contribution in [0.3, 0.4) is 0 Å². The molecule has 3 unspecified atom stereocenters. The molecule has 20 nitrogen and oxygen atoms in total. The number of nitrogens with zero attached hydrogens (tertiary/aromatic N) is 2. The monoisotopic (exact) mass is 703 g/mol. The number of piperidine rings is 1. The lowest BCUT2D eigenvalue weighted by atomic mass is 9.83. The van der Waals surface area contributed by atoms with E-state index in [1.165, 1.54) is 4.90 Å². The zero-order valence-electron chi connectivity index (χ0n) is 27.2. The molecule has 1 aliphatic carbocycles. The van der Waals surface area contributed by atoms with Gasteiger partial charge in [-0.25, -0.2) is 0 Å². The number of aromatic amines is 1. The molecule has 50 heavy (non-hydrogen) atoms. The topological polar surface area (TPSA) is 316 Å². The summed E-state index contributed by atoms with van der Waals surface area (Å²) >= 11 is 0. The molecule has 1 aromatic heterocycles. The summed E-state index contributed by atoms with van der Waals surface area (Å²) in [6, 6.07) is -2.71. The summed E-state index contributed by atoms with van der Waals surface area (Å²) < 4.78 is 0. The molecule has 0 aromatic carbocycles. The van der Waals surface area contributed by atoms with Crippen molar-refractivity contribution in [3.63, 3.8) is 0 Å². The molecule has 0 spiro atoms. The molecule has 3 rings (SSSR count). The molecule has 20 heteroatoms. The van der Waals surface area contributed by atoms with Crippen LogP contribution in [0.2, 0.25) is 0 Å². The summed E-state index contributed by atoms with van der Waals surface area (Å²) in [6.07, 6.45) is 5.61. The predicted molar refractivity (Wildman–Crippen MR) is 171 cm³/mol. The number of ketones is 1. The smallest absolute Gasteiger partial charge is 0.334 e. The van der Waals surface area contributed by atoms with Gasteiger partial charge in [-0.2, -0.15) is 0 Å². The molecular weight excluding hydrogens is 662 g/mol. The van der Waals surface area contributed by atoms with Gasteiger partial charge in [0, 0.05) is 25.2 Å². The zero-order chi connectivity index (χ0) is 37.0. The fraction of sp³-hybridized carbons (Fsp3) is 0.567. The van der Waals surface area contributed by atoms with E-state index in [4.69, 9.17) is 11.5 Å². The Balaban J connectivity index is 1.62. The van der Waals surface area contributed by atoms with E-state index >= 15 is 0 Å². The molecule has 7 amide bonds. The Morgan fingerprint density at radius 1 is 0.940 bits per heavy atom. The molecule has 1 saturated carbocycles. The van der Waals surface area contributed by atoms with Crippen LogP contribution in [0.4, 0.5) is 5.69 Å². The van der Waals surface area contributed by atoms with E-state index in [0.29, 0.717) is 18.9 Å². The lowest BCUT2D eigenvalue weighted by molar-refractivity contribution is -0.386. The number of likely N-dealkylation sites (tertiary alicyclic amines) is 1. The Hall–Kier alpha value is -5.69. The maximum Gasteiger partial charge on any atom is 0.334 e. The Labute approximate surface area is 285 Å². The number of aromatic nitrogens is 1. The molecule has 2 aliphatic rings. The molecule has 272 valence electrons. The van der Waals surface area contributed by atoms with E-state index < -0.39 is 113 Å². The second-order valence-corrected chi connectivity index (χ2v) is 12.1. The average Bonchev–Trinajstić information content (AvgIpc) is 3.09. The lowest BCUT2D eigenvalue weighted by Gasteiger charge is -2.35. The largest absolute Gasteiger partial charge is 0.368 e. The molecule has 1 saturated heterocycles. The van der Waals surface area contributed by atoms with E-state index in [9.17, 15) is 53.3 Å². The summed E-state index contributed by atoms with van der Waals surface area (Å²) in [7, 11) is 0. The van der Waals surface area contributed by atoms with Gasteiger partial charge in [-0.1, -0.05) is 19.3 Å². The highest BCUT2D eigenvalue weighted by molar-refractivity contribution is 6.35. The maximum absolute atomic E-state index is 13.2. The zero-order valence-corrected chi connectivity index (χ0v) is 27.2. The van der Waals surface area contributed by atoms with Gasteiger partial charge in [-0.15, -0.1) is 0 Å². The van der Waals surface area contributed by atoms with Gasteiger partial charge in [-0.05, 0) is 44.4 Å². The number of H-pyrrole nitrogens is 1.